The van der Waals surface area contributed by atoms with Crippen molar-refractivity contribution in [3.05, 3.63) is 60.2 Å². The maximum atomic E-state index is 14.5. The molecule has 2 amide bonds. The zero-order chi connectivity index (χ0) is 21.2. The molecular formula is C23H25FN6O. The van der Waals surface area contributed by atoms with Gasteiger partial charge in [-0.25, -0.2) is 9.18 Å². The number of fused-ring (bicyclic) bond motifs is 1. The Kier molecular flexibility index (Phi) is 5.36. The fourth-order valence-electron chi connectivity index (χ4n) is 4.37. The number of halogens is 1. The standard InChI is InChI=1S/C23H25FN6O/c24-20-13-21-16(4-1-9-25-21)12-17(20)14-26-23(31)30(18-7-8-18)19-5-3-11-29(15-19)22-6-2-10-27-28-22/h1-2,4,6,9-10,12-13,18-19H,3,5,7-8,11,14-15H2,(H,26,31)/t19-/m1/s1. The molecule has 7 nitrogen and oxygen atoms in total. The Hall–Kier alpha value is -3.29. The lowest BCUT2D eigenvalue weighted by Crippen LogP contribution is -2.54. The van der Waals surface area contributed by atoms with Gasteiger partial charge in [0.15, 0.2) is 5.82 Å². The quantitative estimate of drug-likeness (QED) is 0.684. The maximum Gasteiger partial charge on any atom is 0.318 e. The van der Waals surface area contributed by atoms with E-state index in [1.165, 1.54) is 6.07 Å². The van der Waals surface area contributed by atoms with Crippen molar-refractivity contribution in [2.45, 2.75) is 44.3 Å². The van der Waals surface area contributed by atoms with E-state index >= 15 is 0 Å². The molecule has 3 aromatic rings. The summed E-state index contributed by atoms with van der Waals surface area (Å²) < 4.78 is 14.5. The maximum absolute atomic E-state index is 14.5. The van der Waals surface area contributed by atoms with E-state index in [1.807, 2.05) is 29.2 Å². The molecule has 1 aliphatic heterocycles. The van der Waals surface area contributed by atoms with Crippen LogP contribution in [-0.2, 0) is 6.54 Å². The number of piperidine rings is 1. The first-order chi connectivity index (χ1) is 15.2. The summed E-state index contributed by atoms with van der Waals surface area (Å²) in [5.74, 6) is 0.492. The second kappa shape index (κ2) is 8.45. The lowest BCUT2D eigenvalue weighted by molar-refractivity contribution is 0.160. The Labute approximate surface area is 180 Å². The van der Waals surface area contributed by atoms with Crippen molar-refractivity contribution in [1.29, 1.82) is 0 Å². The number of benzene rings is 1. The van der Waals surface area contributed by atoms with Gasteiger partial charge in [-0.3, -0.25) is 4.98 Å². The Balaban J connectivity index is 1.28. The van der Waals surface area contributed by atoms with Gasteiger partial charge in [0.05, 0.1) is 11.6 Å². The molecule has 1 saturated carbocycles. The highest BCUT2D eigenvalue weighted by molar-refractivity contribution is 5.80. The first-order valence-electron chi connectivity index (χ1n) is 10.8. The van der Waals surface area contributed by atoms with Gasteiger partial charge in [-0.05, 0) is 49.9 Å². The van der Waals surface area contributed by atoms with Crippen molar-refractivity contribution in [1.82, 2.24) is 25.4 Å². The highest BCUT2D eigenvalue weighted by Crippen LogP contribution is 2.32. The summed E-state index contributed by atoms with van der Waals surface area (Å²) in [5, 5.41) is 12.0. The third kappa shape index (κ3) is 4.28. The number of hydrogen-bond donors (Lipinski definition) is 1. The number of pyridine rings is 1. The van der Waals surface area contributed by atoms with E-state index in [4.69, 9.17) is 0 Å². The molecule has 1 aromatic carbocycles. The highest BCUT2D eigenvalue weighted by atomic mass is 19.1. The zero-order valence-corrected chi connectivity index (χ0v) is 17.2. The van der Waals surface area contributed by atoms with Crippen molar-refractivity contribution in [3.8, 4) is 0 Å². The number of anilines is 1. The van der Waals surface area contributed by atoms with Crippen LogP contribution in [0.5, 0.6) is 0 Å². The van der Waals surface area contributed by atoms with Crippen LogP contribution in [0.3, 0.4) is 0 Å². The SMILES string of the molecule is O=C(NCc1cc2cccnc2cc1F)N(C1CC1)[C@@H]1CCCN(c2cccnn2)C1. The number of urea groups is 1. The molecule has 0 bridgehead atoms. The van der Waals surface area contributed by atoms with Gasteiger partial charge < -0.3 is 15.1 Å². The van der Waals surface area contributed by atoms with Crippen LogP contribution >= 0.6 is 0 Å². The fourth-order valence-corrected chi connectivity index (χ4v) is 4.37. The van der Waals surface area contributed by atoms with Gasteiger partial charge in [0.1, 0.15) is 5.82 Å². The van der Waals surface area contributed by atoms with Gasteiger partial charge in [0.25, 0.3) is 0 Å². The van der Waals surface area contributed by atoms with E-state index in [2.05, 4.69) is 25.4 Å². The van der Waals surface area contributed by atoms with Gasteiger partial charge in [-0.2, -0.15) is 5.10 Å². The zero-order valence-electron chi connectivity index (χ0n) is 17.2. The van der Waals surface area contributed by atoms with Crippen molar-refractivity contribution in [2.75, 3.05) is 18.0 Å². The lowest BCUT2D eigenvalue weighted by Gasteiger charge is -2.40. The Morgan fingerprint density at radius 2 is 2.03 bits per heavy atom. The minimum absolute atomic E-state index is 0.105. The Bertz CT molecular complexity index is 1070. The predicted octanol–water partition coefficient (Wildman–Crippen LogP) is 3.51. The van der Waals surface area contributed by atoms with Crippen LogP contribution in [0.1, 0.15) is 31.2 Å². The minimum Gasteiger partial charge on any atom is -0.353 e. The first-order valence-corrected chi connectivity index (χ1v) is 10.8. The summed E-state index contributed by atoms with van der Waals surface area (Å²) in [4.78, 5) is 21.5. The summed E-state index contributed by atoms with van der Waals surface area (Å²) >= 11 is 0. The monoisotopic (exact) mass is 420 g/mol. The van der Waals surface area contributed by atoms with Crippen LogP contribution < -0.4 is 10.2 Å². The molecule has 1 atom stereocenters. The molecule has 2 aliphatic rings. The third-order valence-corrected chi connectivity index (χ3v) is 6.05. The first kappa shape index (κ1) is 19.7. The summed E-state index contributed by atoms with van der Waals surface area (Å²) in [6.45, 7) is 1.80. The molecule has 1 aliphatic carbocycles. The molecule has 5 rings (SSSR count). The molecular weight excluding hydrogens is 395 g/mol. The van der Waals surface area contributed by atoms with Crippen LogP contribution in [0.15, 0.2) is 48.8 Å². The van der Waals surface area contributed by atoms with Gasteiger partial charge in [0.2, 0.25) is 0 Å². The number of carbonyl (C=O) groups is 1. The van der Waals surface area contributed by atoms with E-state index < -0.39 is 0 Å². The number of nitrogens with one attached hydrogen (secondary N) is 1. The summed E-state index contributed by atoms with van der Waals surface area (Å²) in [7, 11) is 0. The largest absolute Gasteiger partial charge is 0.353 e. The molecule has 3 heterocycles. The highest BCUT2D eigenvalue weighted by Gasteiger charge is 2.39. The minimum atomic E-state index is -0.351. The molecule has 0 radical (unpaired) electrons. The Morgan fingerprint density at radius 3 is 2.84 bits per heavy atom. The normalized spacial score (nSPS) is 18.7. The predicted molar refractivity (Wildman–Crippen MR) is 116 cm³/mol. The second-order valence-corrected chi connectivity index (χ2v) is 8.26. The molecule has 1 saturated heterocycles. The summed E-state index contributed by atoms with van der Waals surface area (Å²) in [6, 6.07) is 11.0. The van der Waals surface area contributed by atoms with Crippen molar-refractivity contribution < 1.29 is 9.18 Å². The molecule has 2 fully saturated rings. The molecule has 0 spiro atoms. The number of nitrogens with zero attached hydrogens (tertiary/aromatic N) is 5. The van der Waals surface area contributed by atoms with Crippen LogP contribution in [0.2, 0.25) is 0 Å². The van der Waals surface area contributed by atoms with Gasteiger partial charge in [-0.1, -0.05) is 6.07 Å². The van der Waals surface area contributed by atoms with Crippen molar-refractivity contribution in [2.24, 2.45) is 0 Å². The van der Waals surface area contributed by atoms with E-state index in [-0.39, 0.29) is 30.5 Å². The summed E-state index contributed by atoms with van der Waals surface area (Å²) in [6.07, 6.45) is 7.29. The average molecular weight is 420 g/mol. The molecule has 0 unspecified atom stereocenters. The topological polar surface area (TPSA) is 74.2 Å². The number of aromatic nitrogens is 3. The van der Waals surface area contributed by atoms with E-state index in [9.17, 15) is 9.18 Å². The number of carbonyl (C=O) groups excluding carboxylic acids is 1. The number of rotatable bonds is 5. The molecule has 8 heteroatoms. The fraction of sp³-hybridized carbons (Fsp3) is 0.391. The third-order valence-electron chi connectivity index (χ3n) is 6.05. The molecule has 2 aromatic heterocycles. The number of amides is 2. The van der Waals surface area contributed by atoms with Crippen LogP contribution in [-0.4, -0.2) is 51.3 Å². The van der Waals surface area contributed by atoms with Crippen molar-refractivity contribution in [3.63, 3.8) is 0 Å². The van der Waals surface area contributed by atoms with E-state index in [1.54, 1.807) is 18.5 Å². The average Bonchev–Trinajstić information content (AvgIpc) is 3.64. The smallest absolute Gasteiger partial charge is 0.318 e. The summed E-state index contributed by atoms with van der Waals surface area (Å²) in [5.41, 5.74) is 1.08. The van der Waals surface area contributed by atoms with Crippen LogP contribution in [0.25, 0.3) is 10.9 Å². The van der Waals surface area contributed by atoms with Gasteiger partial charge >= 0.3 is 6.03 Å². The van der Waals surface area contributed by atoms with Crippen molar-refractivity contribution >= 4 is 22.8 Å². The van der Waals surface area contributed by atoms with Gasteiger partial charge in [0, 0.05) is 55.1 Å². The Morgan fingerprint density at radius 1 is 1.16 bits per heavy atom. The number of hydrogen-bond acceptors (Lipinski definition) is 5. The molecule has 1 N–H and O–H groups in total. The van der Waals surface area contributed by atoms with Crippen LogP contribution in [0.4, 0.5) is 15.0 Å². The molecule has 160 valence electrons. The molecule has 31 heavy (non-hydrogen) atoms. The van der Waals surface area contributed by atoms with E-state index in [0.29, 0.717) is 11.1 Å². The van der Waals surface area contributed by atoms with Gasteiger partial charge in [-0.15, -0.1) is 5.10 Å². The van der Waals surface area contributed by atoms with E-state index in [0.717, 1.165) is 50.0 Å². The van der Waals surface area contributed by atoms with Crippen LogP contribution in [0, 0.1) is 5.82 Å². The second-order valence-electron chi connectivity index (χ2n) is 8.26. The lowest BCUT2D eigenvalue weighted by atomic mass is 10.0.